The van der Waals surface area contributed by atoms with E-state index in [0.29, 0.717) is 13.0 Å². The van der Waals surface area contributed by atoms with Crippen LogP contribution in [0.4, 0.5) is 0 Å². The summed E-state index contributed by atoms with van der Waals surface area (Å²) in [5.41, 5.74) is 12.9. The third-order valence-corrected chi connectivity index (χ3v) is 3.25. The van der Waals surface area contributed by atoms with Crippen molar-refractivity contribution >= 4 is 5.91 Å². The lowest BCUT2D eigenvalue weighted by atomic mass is 9.98. The average molecular weight is 285 g/mol. The number of aromatic nitrogens is 1. The Hall–Kier alpha value is -2.40. The molecule has 0 aliphatic carbocycles. The Labute approximate surface area is 123 Å². The van der Waals surface area contributed by atoms with Crippen molar-refractivity contribution in [3.8, 4) is 5.75 Å². The van der Waals surface area contributed by atoms with E-state index in [1.165, 1.54) is 0 Å². The summed E-state index contributed by atoms with van der Waals surface area (Å²) in [4.78, 5) is 15.1. The number of pyridine rings is 1. The van der Waals surface area contributed by atoms with Crippen LogP contribution in [0.25, 0.3) is 0 Å². The molecule has 0 aliphatic heterocycles. The zero-order valence-corrected chi connectivity index (χ0v) is 11.7. The molecule has 5 nitrogen and oxygen atoms in total. The number of nitrogens with two attached hydrogens (primary N) is 2. The molecule has 1 heterocycles. The van der Waals surface area contributed by atoms with Crippen LogP contribution >= 0.6 is 0 Å². The van der Waals surface area contributed by atoms with E-state index in [-0.39, 0.29) is 18.4 Å². The molecule has 0 spiro atoms. The summed E-state index contributed by atoms with van der Waals surface area (Å²) >= 11 is 0. The molecular formula is C16H19N3O2. The van der Waals surface area contributed by atoms with Gasteiger partial charge in [0.25, 0.3) is 0 Å². The largest absolute Gasteiger partial charge is 0.489 e. The Morgan fingerprint density at radius 3 is 2.29 bits per heavy atom. The summed E-state index contributed by atoms with van der Waals surface area (Å²) in [5, 5.41) is 0. The topological polar surface area (TPSA) is 91.2 Å². The number of amides is 1. The maximum Gasteiger partial charge on any atom is 0.222 e. The van der Waals surface area contributed by atoms with Crippen molar-refractivity contribution in [3.05, 3.63) is 59.9 Å². The van der Waals surface area contributed by atoms with Crippen LogP contribution in [0.5, 0.6) is 5.75 Å². The second-order valence-electron chi connectivity index (χ2n) is 4.83. The summed E-state index contributed by atoms with van der Waals surface area (Å²) in [6.07, 6.45) is 3.95. The number of hydrogen-bond donors (Lipinski definition) is 2. The summed E-state index contributed by atoms with van der Waals surface area (Å²) in [7, 11) is 0. The average Bonchev–Trinajstić information content (AvgIpc) is 2.52. The Kier molecular flexibility index (Phi) is 5.29. The van der Waals surface area contributed by atoms with E-state index in [4.69, 9.17) is 16.2 Å². The highest BCUT2D eigenvalue weighted by molar-refractivity contribution is 5.77. The van der Waals surface area contributed by atoms with Gasteiger partial charge in [-0.05, 0) is 29.7 Å². The molecule has 0 bridgehead atoms. The summed E-state index contributed by atoms with van der Waals surface area (Å²) in [5.74, 6) is 0.109. The first-order valence-electron chi connectivity index (χ1n) is 6.79. The highest BCUT2D eigenvalue weighted by Crippen LogP contribution is 2.13. The zero-order valence-electron chi connectivity index (χ0n) is 11.7. The first-order valence-corrected chi connectivity index (χ1v) is 6.79. The highest BCUT2D eigenvalue weighted by atomic mass is 16.5. The number of ether oxygens (including phenoxy) is 1. The van der Waals surface area contributed by atoms with Crippen LogP contribution in [0.2, 0.25) is 0 Å². The fraction of sp³-hybridized carbons (Fsp3) is 0.250. The molecular weight excluding hydrogens is 266 g/mol. The molecule has 2 rings (SSSR count). The van der Waals surface area contributed by atoms with Gasteiger partial charge >= 0.3 is 0 Å². The molecule has 1 amide bonds. The van der Waals surface area contributed by atoms with E-state index in [1.807, 2.05) is 36.4 Å². The number of hydrogen-bond acceptors (Lipinski definition) is 4. The molecule has 0 fully saturated rings. The van der Waals surface area contributed by atoms with Crippen LogP contribution in [0.1, 0.15) is 11.1 Å². The zero-order chi connectivity index (χ0) is 15.1. The van der Waals surface area contributed by atoms with Crippen molar-refractivity contribution in [3.63, 3.8) is 0 Å². The van der Waals surface area contributed by atoms with Gasteiger partial charge in [-0.15, -0.1) is 0 Å². The fourth-order valence-corrected chi connectivity index (χ4v) is 1.96. The Morgan fingerprint density at radius 2 is 1.71 bits per heavy atom. The number of primary amides is 1. The summed E-state index contributed by atoms with van der Waals surface area (Å²) < 4.78 is 5.64. The fourth-order valence-electron chi connectivity index (χ4n) is 1.96. The predicted octanol–water partition coefficient (Wildman–Crippen LogP) is 1.26. The Balaban J connectivity index is 1.91. The monoisotopic (exact) mass is 285 g/mol. The van der Waals surface area contributed by atoms with Crippen LogP contribution in [-0.2, 0) is 17.8 Å². The minimum Gasteiger partial charge on any atom is -0.489 e. The molecule has 5 heteroatoms. The molecule has 1 atom stereocenters. The lowest BCUT2D eigenvalue weighted by Gasteiger charge is -2.11. The molecule has 4 N–H and O–H groups in total. The van der Waals surface area contributed by atoms with Gasteiger partial charge in [-0.2, -0.15) is 0 Å². The van der Waals surface area contributed by atoms with E-state index < -0.39 is 0 Å². The van der Waals surface area contributed by atoms with Gasteiger partial charge in [0, 0.05) is 18.9 Å². The highest BCUT2D eigenvalue weighted by Gasteiger charge is 2.13. The van der Waals surface area contributed by atoms with Gasteiger partial charge in [0.2, 0.25) is 5.91 Å². The number of nitrogens with zero attached hydrogens (tertiary/aromatic N) is 1. The molecule has 1 aromatic heterocycles. The van der Waals surface area contributed by atoms with E-state index in [2.05, 4.69) is 4.98 Å². The van der Waals surface area contributed by atoms with Crippen LogP contribution in [0.3, 0.4) is 0 Å². The normalized spacial score (nSPS) is 11.9. The van der Waals surface area contributed by atoms with Crippen molar-refractivity contribution in [1.29, 1.82) is 0 Å². The van der Waals surface area contributed by atoms with Crippen molar-refractivity contribution in [2.45, 2.75) is 13.0 Å². The van der Waals surface area contributed by atoms with Crippen LogP contribution in [-0.4, -0.2) is 17.4 Å². The third-order valence-electron chi connectivity index (χ3n) is 3.25. The van der Waals surface area contributed by atoms with E-state index in [1.54, 1.807) is 12.4 Å². The van der Waals surface area contributed by atoms with Crippen molar-refractivity contribution < 1.29 is 9.53 Å². The summed E-state index contributed by atoms with van der Waals surface area (Å²) in [6.45, 7) is 0.753. The maximum absolute atomic E-state index is 11.2. The minimum absolute atomic E-state index is 0.266. The number of carbonyl (C=O) groups is 1. The van der Waals surface area contributed by atoms with Crippen LogP contribution in [0, 0.1) is 5.92 Å². The van der Waals surface area contributed by atoms with Gasteiger partial charge in [-0.25, -0.2) is 0 Å². The van der Waals surface area contributed by atoms with Gasteiger partial charge in [-0.1, -0.05) is 24.3 Å². The number of rotatable bonds is 7. The second-order valence-corrected chi connectivity index (χ2v) is 4.83. The van der Waals surface area contributed by atoms with Gasteiger partial charge in [0.1, 0.15) is 12.4 Å². The SMILES string of the molecule is NC[C@H](Cc1ccc(COc2ccncc2)cc1)C(N)=O. The molecule has 2 aromatic rings. The Morgan fingerprint density at radius 1 is 1.10 bits per heavy atom. The number of benzene rings is 1. The lowest BCUT2D eigenvalue weighted by Crippen LogP contribution is -2.31. The van der Waals surface area contributed by atoms with Crippen LogP contribution in [0.15, 0.2) is 48.8 Å². The molecule has 0 radical (unpaired) electrons. The predicted molar refractivity (Wildman–Crippen MR) is 80.5 cm³/mol. The lowest BCUT2D eigenvalue weighted by molar-refractivity contribution is -0.121. The molecule has 0 unspecified atom stereocenters. The van der Waals surface area contributed by atoms with Gasteiger partial charge in [-0.3, -0.25) is 9.78 Å². The third kappa shape index (κ3) is 4.57. The Bertz CT molecular complexity index is 570. The van der Waals surface area contributed by atoms with Crippen molar-refractivity contribution in [2.24, 2.45) is 17.4 Å². The van der Waals surface area contributed by atoms with E-state index in [0.717, 1.165) is 16.9 Å². The van der Waals surface area contributed by atoms with E-state index >= 15 is 0 Å². The first kappa shape index (κ1) is 15.0. The van der Waals surface area contributed by atoms with Gasteiger partial charge in [0.15, 0.2) is 0 Å². The first-order chi connectivity index (χ1) is 10.2. The minimum atomic E-state index is -0.359. The quantitative estimate of drug-likeness (QED) is 0.801. The van der Waals surface area contributed by atoms with Gasteiger partial charge < -0.3 is 16.2 Å². The number of carbonyl (C=O) groups excluding carboxylic acids is 1. The molecule has 21 heavy (non-hydrogen) atoms. The van der Waals surface area contributed by atoms with Crippen LogP contribution < -0.4 is 16.2 Å². The molecule has 0 aliphatic rings. The molecule has 0 saturated heterocycles. The molecule has 110 valence electrons. The summed E-state index contributed by atoms with van der Waals surface area (Å²) in [6, 6.07) is 11.5. The van der Waals surface area contributed by atoms with Crippen molar-refractivity contribution in [1.82, 2.24) is 4.98 Å². The van der Waals surface area contributed by atoms with Crippen molar-refractivity contribution in [2.75, 3.05) is 6.54 Å². The molecule has 0 saturated carbocycles. The van der Waals surface area contributed by atoms with E-state index in [9.17, 15) is 4.79 Å². The molecule has 1 aromatic carbocycles. The van der Waals surface area contributed by atoms with Gasteiger partial charge in [0.05, 0.1) is 5.92 Å². The second kappa shape index (κ2) is 7.40. The maximum atomic E-state index is 11.2. The smallest absolute Gasteiger partial charge is 0.222 e. The standard InChI is InChI=1S/C16H19N3O2/c17-10-14(16(18)20)9-12-1-3-13(4-2-12)11-21-15-5-7-19-8-6-15/h1-8,14H,9-11,17H2,(H2,18,20)/t14-/m0/s1.